The molecule has 108 valence electrons. The standard InChI is InChI=1S/C15H20N2O3/c1-10(2)9-17-12-6-5-11(20-4)7-13(12)16(3)14(18)8-15(17)19/h5-7,10H,8-9H2,1-4H3. The predicted octanol–water partition coefficient (Wildman–Crippen LogP) is 2.05. The first-order valence-corrected chi connectivity index (χ1v) is 6.69. The summed E-state index contributed by atoms with van der Waals surface area (Å²) in [5, 5.41) is 0. The van der Waals surface area contributed by atoms with Crippen LogP contribution >= 0.6 is 0 Å². The molecular formula is C15H20N2O3. The molecular weight excluding hydrogens is 256 g/mol. The van der Waals surface area contributed by atoms with Crippen LogP contribution in [-0.4, -0.2) is 32.5 Å². The Morgan fingerprint density at radius 2 is 1.90 bits per heavy atom. The van der Waals surface area contributed by atoms with Crippen LogP contribution in [0.3, 0.4) is 0 Å². The van der Waals surface area contributed by atoms with Crippen LogP contribution in [-0.2, 0) is 9.59 Å². The van der Waals surface area contributed by atoms with E-state index in [1.165, 1.54) is 4.90 Å². The predicted molar refractivity (Wildman–Crippen MR) is 78.2 cm³/mol. The van der Waals surface area contributed by atoms with Crippen molar-refractivity contribution in [2.75, 3.05) is 30.5 Å². The molecule has 1 aromatic carbocycles. The maximum absolute atomic E-state index is 12.3. The lowest BCUT2D eigenvalue weighted by atomic mass is 10.1. The fourth-order valence-electron chi connectivity index (χ4n) is 2.30. The normalized spacial score (nSPS) is 15.4. The quantitative estimate of drug-likeness (QED) is 0.794. The van der Waals surface area contributed by atoms with Gasteiger partial charge in [0, 0.05) is 19.7 Å². The first kappa shape index (κ1) is 14.4. The number of methoxy groups -OCH3 is 1. The Bertz CT molecular complexity index is 540. The van der Waals surface area contributed by atoms with Crippen LogP contribution in [0, 0.1) is 5.92 Å². The SMILES string of the molecule is COc1ccc2c(c1)N(C)C(=O)CC(=O)N2CC(C)C. The van der Waals surface area contributed by atoms with Gasteiger partial charge in [0.2, 0.25) is 11.8 Å². The van der Waals surface area contributed by atoms with E-state index in [0.29, 0.717) is 23.9 Å². The van der Waals surface area contributed by atoms with Gasteiger partial charge in [0.05, 0.1) is 18.5 Å². The Balaban J connectivity index is 2.54. The van der Waals surface area contributed by atoms with Crippen LogP contribution in [0.2, 0.25) is 0 Å². The van der Waals surface area contributed by atoms with Crippen molar-refractivity contribution in [3.63, 3.8) is 0 Å². The van der Waals surface area contributed by atoms with Crippen molar-refractivity contribution in [3.05, 3.63) is 18.2 Å². The summed E-state index contributed by atoms with van der Waals surface area (Å²) in [6, 6.07) is 5.44. The summed E-state index contributed by atoms with van der Waals surface area (Å²) >= 11 is 0. The van der Waals surface area contributed by atoms with E-state index in [2.05, 4.69) is 0 Å². The topological polar surface area (TPSA) is 49.9 Å². The molecule has 1 aliphatic rings. The third kappa shape index (κ3) is 2.61. The van der Waals surface area contributed by atoms with Crippen molar-refractivity contribution in [1.29, 1.82) is 0 Å². The molecule has 0 bridgehead atoms. The van der Waals surface area contributed by atoms with Gasteiger partial charge in [-0.3, -0.25) is 9.59 Å². The van der Waals surface area contributed by atoms with Gasteiger partial charge >= 0.3 is 0 Å². The van der Waals surface area contributed by atoms with Crippen LogP contribution in [0.4, 0.5) is 11.4 Å². The van der Waals surface area contributed by atoms with Crippen molar-refractivity contribution in [2.45, 2.75) is 20.3 Å². The summed E-state index contributed by atoms with van der Waals surface area (Å²) in [5.41, 5.74) is 1.47. The second-order valence-corrected chi connectivity index (χ2v) is 5.38. The summed E-state index contributed by atoms with van der Waals surface area (Å²) in [4.78, 5) is 27.5. The van der Waals surface area contributed by atoms with E-state index in [1.807, 2.05) is 26.0 Å². The molecule has 5 heteroatoms. The lowest BCUT2D eigenvalue weighted by Crippen LogP contribution is -2.34. The Morgan fingerprint density at radius 1 is 1.20 bits per heavy atom. The highest BCUT2D eigenvalue weighted by Gasteiger charge is 2.30. The molecule has 2 rings (SSSR count). The monoisotopic (exact) mass is 276 g/mol. The van der Waals surface area contributed by atoms with Crippen LogP contribution in [0.5, 0.6) is 5.75 Å². The van der Waals surface area contributed by atoms with Gasteiger partial charge in [0.1, 0.15) is 12.2 Å². The van der Waals surface area contributed by atoms with Crippen LogP contribution in [0.15, 0.2) is 18.2 Å². The maximum atomic E-state index is 12.3. The van der Waals surface area contributed by atoms with E-state index in [9.17, 15) is 9.59 Å². The zero-order chi connectivity index (χ0) is 14.9. The van der Waals surface area contributed by atoms with Crippen LogP contribution in [0.1, 0.15) is 20.3 Å². The molecule has 0 aliphatic carbocycles. The molecule has 0 fully saturated rings. The van der Waals surface area contributed by atoms with Gasteiger partial charge in [0.15, 0.2) is 0 Å². The first-order chi connectivity index (χ1) is 9.43. The average Bonchev–Trinajstić information content (AvgIpc) is 2.49. The number of anilines is 2. The number of carbonyl (C=O) groups excluding carboxylic acids is 2. The highest BCUT2D eigenvalue weighted by atomic mass is 16.5. The van der Waals surface area contributed by atoms with Crippen molar-refractivity contribution >= 4 is 23.2 Å². The minimum Gasteiger partial charge on any atom is -0.497 e. The smallest absolute Gasteiger partial charge is 0.236 e. The van der Waals surface area contributed by atoms with E-state index in [0.717, 1.165) is 5.69 Å². The Hall–Kier alpha value is -2.04. The number of fused-ring (bicyclic) bond motifs is 1. The molecule has 0 aromatic heterocycles. The van der Waals surface area contributed by atoms with Gasteiger partial charge in [0.25, 0.3) is 0 Å². The van der Waals surface area contributed by atoms with E-state index in [1.54, 1.807) is 25.1 Å². The van der Waals surface area contributed by atoms with Gasteiger partial charge in [-0.05, 0) is 18.1 Å². The number of hydrogen-bond donors (Lipinski definition) is 0. The highest BCUT2D eigenvalue weighted by Crippen LogP contribution is 2.35. The lowest BCUT2D eigenvalue weighted by molar-refractivity contribution is -0.126. The number of hydrogen-bond acceptors (Lipinski definition) is 3. The van der Waals surface area contributed by atoms with Crippen LogP contribution < -0.4 is 14.5 Å². The van der Waals surface area contributed by atoms with E-state index < -0.39 is 0 Å². The fourth-order valence-corrected chi connectivity index (χ4v) is 2.30. The first-order valence-electron chi connectivity index (χ1n) is 6.69. The summed E-state index contributed by atoms with van der Waals surface area (Å²) in [6.07, 6.45) is -0.0970. The van der Waals surface area contributed by atoms with Gasteiger partial charge in [-0.25, -0.2) is 0 Å². The van der Waals surface area contributed by atoms with Crippen molar-refractivity contribution in [1.82, 2.24) is 0 Å². The number of carbonyl (C=O) groups is 2. The van der Waals surface area contributed by atoms with Crippen molar-refractivity contribution < 1.29 is 14.3 Å². The molecule has 0 unspecified atom stereocenters. The molecule has 0 saturated heterocycles. The Kier molecular flexibility index (Phi) is 3.97. The van der Waals surface area contributed by atoms with Crippen molar-refractivity contribution in [3.8, 4) is 5.75 Å². The zero-order valence-corrected chi connectivity index (χ0v) is 12.3. The molecule has 2 amide bonds. The third-order valence-corrected chi connectivity index (χ3v) is 3.36. The van der Waals surface area contributed by atoms with Crippen LogP contribution in [0.25, 0.3) is 0 Å². The molecule has 0 spiro atoms. The third-order valence-electron chi connectivity index (χ3n) is 3.36. The van der Waals surface area contributed by atoms with Gasteiger partial charge in [-0.15, -0.1) is 0 Å². The molecule has 20 heavy (non-hydrogen) atoms. The Morgan fingerprint density at radius 3 is 2.50 bits per heavy atom. The summed E-state index contributed by atoms with van der Waals surface area (Å²) < 4.78 is 5.21. The largest absolute Gasteiger partial charge is 0.497 e. The molecule has 0 radical (unpaired) electrons. The number of ether oxygens (including phenoxy) is 1. The molecule has 1 aliphatic heterocycles. The summed E-state index contributed by atoms with van der Waals surface area (Å²) in [6.45, 7) is 4.69. The van der Waals surface area contributed by atoms with Crippen molar-refractivity contribution in [2.24, 2.45) is 5.92 Å². The minimum absolute atomic E-state index is 0.0970. The fraction of sp³-hybridized carbons (Fsp3) is 0.467. The second-order valence-electron chi connectivity index (χ2n) is 5.38. The number of rotatable bonds is 3. The summed E-state index contributed by atoms with van der Waals surface area (Å²) in [5.74, 6) is 0.643. The minimum atomic E-state index is -0.198. The zero-order valence-electron chi connectivity index (χ0n) is 12.3. The molecule has 1 aromatic rings. The molecule has 0 N–H and O–H groups in total. The molecule has 0 atom stereocenters. The highest BCUT2D eigenvalue weighted by molar-refractivity contribution is 6.15. The van der Waals surface area contributed by atoms with E-state index >= 15 is 0 Å². The second kappa shape index (κ2) is 5.53. The van der Waals surface area contributed by atoms with E-state index in [4.69, 9.17) is 4.74 Å². The van der Waals surface area contributed by atoms with E-state index in [-0.39, 0.29) is 18.2 Å². The number of nitrogens with zero attached hydrogens (tertiary/aromatic N) is 2. The van der Waals surface area contributed by atoms with Gasteiger partial charge in [-0.2, -0.15) is 0 Å². The maximum Gasteiger partial charge on any atom is 0.236 e. The number of benzene rings is 1. The lowest BCUT2D eigenvalue weighted by Gasteiger charge is -2.25. The molecule has 5 nitrogen and oxygen atoms in total. The number of amides is 2. The van der Waals surface area contributed by atoms with Gasteiger partial charge < -0.3 is 14.5 Å². The Labute approximate surface area is 119 Å². The summed E-state index contributed by atoms with van der Waals surface area (Å²) in [7, 11) is 3.27. The molecule has 1 heterocycles. The van der Waals surface area contributed by atoms with Gasteiger partial charge in [-0.1, -0.05) is 13.8 Å². The average molecular weight is 276 g/mol. The molecule has 0 saturated carbocycles.